The second kappa shape index (κ2) is 7.24. The summed E-state index contributed by atoms with van der Waals surface area (Å²) in [7, 11) is 3.60. The number of carbonyl (C=O) groups excluding carboxylic acids is 1. The Kier molecular flexibility index (Phi) is 5.96. The van der Waals surface area contributed by atoms with Crippen LogP contribution in [0.1, 0.15) is 38.8 Å². The minimum atomic E-state index is -0.148. The standard InChI is InChI=1S/C15H25N3O/c1-11(2)9-14(15(19)18(4)5)17-12(3)13-7-6-8-16-10-13/h6-8,10-12,14,17H,9H2,1-5H3. The van der Waals surface area contributed by atoms with Gasteiger partial charge in [-0.3, -0.25) is 15.1 Å². The van der Waals surface area contributed by atoms with Crippen molar-refractivity contribution in [3.8, 4) is 0 Å². The molecule has 1 rings (SSSR count). The van der Waals surface area contributed by atoms with Gasteiger partial charge in [-0.15, -0.1) is 0 Å². The Balaban J connectivity index is 2.74. The molecule has 1 aromatic rings. The number of rotatable bonds is 6. The molecule has 0 aromatic carbocycles. The van der Waals surface area contributed by atoms with Gasteiger partial charge in [0, 0.05) is 32.5 Å². The predicted molar refractivity (Wildman–Crippen MR) is 77.7 cm³/mol. The lowest BCUT2D eigenvalue weighted by molar-refractivity contribution is -0.131. The zero-order chi connectivity index (χ0) is 14.4. The number of likely N-dealkylation sites (N-methyl/N-ethyl adjacent to an activating group) is 1. The maximum atomic E-state index is 12.2. The number of amides is 1. The van der Waals surface area contributed by atoms with Crippen LogP contribution in [0, 0.1) is 5.92 Å². The largest absolute Gasteiger partial charge is 0.347 e. The van der Waals surface area contributed by atoms with E-state index in [2.05, 4.69) is 31.1 Å². The molecule has 0 aliphatic carbocycles. The van der Waals surface area contributed by atoms with Crippen LogP contribution < -0.4 is 5.32 Å². The molecule has 0 aliphatic heterocycles. The van der Waals surface area contributed by atoms with Crippen LogP contribution in [0.3, 0.4) is 0 Å². The van der Waals surface area contributed by atoms with Crippen molar-refractivity contribution < 1.29 is 4.79 Å². The van der Waals surface area contributed by atoms with Crippen LogP contribution in [0.4, 0.5) is 0 Å². The van der Waals surface area contributed by atoms with Crippen molar-refractivity contribution in [3.63, 3.8) is 0 Å². The predicted octanol–water partition coefficient (Wildman–Crippen LogP) is 2.24. The SMILES string of the molecule is CC(C)CC(NC(C)c1cccnc1)C(=O)N(C)C. The minimum absolute atomic E-state index is 0.112. The van der Waals surface area contributed by atoms with Crippen LogP contribution in [0.25, 0.3) is 0 Å². The summed E-state index contributed by atoms with van der Waals surface area (Å²) in [6.07, 6.45) is 4.43. The molecule has 4 heteroatoms. The van der Waals surface area contributed by atoms with E-state index in [-0.39, 0.29) is 18.0 Å². The van der Waals surface area contributed by atoms with Gasteiger partial charge in [0.05, 0.1) is 6.04 Å². The molecule has 0 saturated heterocycles. The van der Waals surface area contributed by atoms with Gasteiger partial charge >= 0.3 is 0 Å². The van der Waals surface area contributed by atoms with Gasteiger partial charge < -0.3 is 4.90 Å². The fourth-order valence-corrected chi connectivity index (χ4v) is 2.05. The summed E-state index contributed by atoms with van der Waals surface area (Å²) in [5.74, 6) is 0.604. The normalized spacial score (nSPS) is 14.2. The molecule has 2 unspecified atom stereocenters. The number of carbonyl (C=O) groups is 1. The third-order valence-corrected chi connectivity index (χ3v) is 3.08. The molecule has 0 spiro atoms. The summed E-state index contributed by atoms with van der Waals surface area (Å²) >= 11 is 0. The fraction of sp³-hybridized carbons (Fsp3) is 0.600. The second-order valence-electron chi connectivity index (χ2n) is 5.59. The molecule has 0 fully saturated rings. The lowest BCUT2D eigenvalue weighted by Gasteiger charge is -2.26. The summed E-state index contributed by atoms with van der Waals surface area (Å²) in [4.78, 5) is 18.0. The van der Waals surface area contributed by atoms with Gasteiger partial charge in [-0.2, -0.15) is 0 Å². The first-order valence-corrected chi connectivity index (χ1v) is 6.79. The lowest BCUT2D eigenvalue weighted by atomic mass is 10.0. The Morgan fingerprint density at radius 1 is 1.37 bits per heavy atom. The molecule has 4 nitrogen and oxygen atoms in total. The van der Waals surface area contributed by atoms with Crippen LogP contribution in [0.15, 0.2) is 24.5 Å². The van der Waals surface area contributed by atoms with Crippen LogP contribution in [0.2, 0.25) is 0 Å². The summed E-state index contributed by atoms with van der Waals surface area (Å²) in [6, 6.07) is 3.90. The molecule has 106 valence electrons. The summed E-state index contributed by atoms with van der Waals surface area (Å²) in [5, 5.41) is 3.41. The van der Waals surface area contributed by atoms with E-state index in [1.807, 2.05) is 18.3 Å². The maximum absolute atomic E-state index is 12.2. The number of pyridine rings is 1. The highest BCUT2D eigenvalue weighted by Crippen LogP contribution is 2.15. The average Bonchev–Trinajstić information content (AvgIpc) is 2.37. The average molecular weight is 263 g/mol. The summed E-state index contributed by atoms with van der Waals surface area (Å²) < 4.78 is 0. The third kappa shape index (κ3) is 4.99. The van der Waals surface area contributed by atoms with E-state index in [1.54, 1.807) is 25.2 Å². The molecule has 0 radical (unpaired) electrons. The molecule has 1 N–H and O–H groups in total. The van der Waals surface area contributed by atoms with Crippen molar-refractivity contribution in [1.29, 1.82) is 0 Å². The third-order valence-electron chi connectivity index (χ3n) is 3.08. The number of hydrogen-bond acceptors (Lipinski definition) is 3. The lowest BCUT2D eigenvalue weighted by Crippen LogP contribution is -2.45. The number of hydrogen-bond donors (Lipinski definition) is 1. The first kappa shape index (κ1) is 15.6. The van der Waals surface area contributed by atoms with E-state index in [0.717, 1.165) is 12.0 Å². The van der Waals surface area contributed by atoms with E-state index in [0.29, 0.717) is 5.92 Å². The van der Waals surface area contributed by atoms with Gasteiger partial charge in [0.15, 0.2) is 0 Å². The zero-order valence-corrected chi connectivity index (χ0v) is 12.6. The van der Waals surface area contributed by atoms with Crippen molar-refractivity contribution in [2.24, 2.45) is 5.92 Å². The molecule has 0 aliphatic rings. The second-order valence-corrected chi connectivity index (χ2v) is 5.59. The van der Waals surface area contributed by atoms with Gasteiger partial charge in [-0.1, -0.05) is 19.9 Å². The van der Waals surface area contributed by atoms with Gasteiger partial charge in [-0.05, 0) is 30.9 Å². The summed E-state index contributed by atoms with van der Waals surface area (Å²) in [6.45, 7) is 6.33. The molecular formula is C15H25N3O. The van der Waals surface area contributed by atoms with Crippen molar-refractivity contribution >= 4 is 5.91 Å². The molecule has 1 heterocycles. The molecule has 1 amide bonds. The highest BCUT2D eigenvalue weighted by atomic mass is 16.2. The monoisotopic (exact) mass is 263 g/mol. The van der Waals surface area contributed by atoms with Crippen molar-refractivity contribution in [2.75, 3.05) is 14.1 Å². The van der Waals surface area contributed by atoms with Gasteiger partial charge in [0.1, 0.15) is 0 Å². The van der Waals surface area contributed by atoms with Crippen LogP contribution in [-0.4, -0.2) is 35.9 Å². The van der Waals surface area contributed by atoms with Crippen LogP contribution >= 0.6 is 0 Å². The maximum Gasteiger partial charge on any atom is 0.239 e. The van der Waals surface area contributed by atoms with Crippen molar-refractivity contribution in [1.82, 2.24) is 15.2 Å². The first-order chi connectivity index (χ1) is 8.91. The Morgan fingerprint density at radius 2 is 2.05 bits per heavy atom. The fourth-order valence-electron chi connectivity index (χ4n) is 2.05. The van der Waals surface area contributed by atoms with Crippen molar-refractivity contribution in [3.05, 3.63) is 30.1 Å². The van der Waals surface area contributed by atoms with Gasteiger partial charge in [-0.25, -0.2) is 0 Å². The van der Waals surface area contributed by atoms with E-state index in [4.69, 9.17) is 0 Å². The smallest absolute Gasteiger partial charge is 0.239 e. The molecule has 0 bridgehead atoms. The topological polar surface area (TPSA) is 45.2 Å². The number of nitrogens with zero attached hydrogens (tertiary/aromatic N) is 2. The van der Waals surface area contributed by atoms with E-state index >= 15 is 0 Å². The van der Waals surface area contributed by atoms with Gasteiger partial charge in [0.2, 0.25) is 5.91 Å². The Hall–Kier alpha value is -1.42. The first-order valence-electron chi connectivity index (χ1n) is 6.79. The minimum Gasteiger partial charge on any atom is -0.347 e. The van der Waals surface area contributed by atoms with E-state index in [1.165, 1.54) is 0 Å². The summed E-state index contributed by atoms with van der Waals surface area (Å²) in [5.41, 5.74) is 1.10. The zero-order valence-electron chi connectivity index (χ0n) is 12.6. The van der Waals surface area contributed by atoms with Crippen molar-refractivity contribution in [2.45, 2.75) is 39.3 Å². The van der Waals surface area contributed by atoms with E-state index in [9.17, 15) is 4.79 Å². The van der Waals surface area contributed by atoms with E-state index < -0.39 is 0 Å². The highest BCUT2D eigenvalue weighted by Gasteiger charge is 2.23. The van der Waals surface area contributed by atoms with Crippen LogP contribution in [0.5, 0.6) is 0 Å². The highest BCUT2D eigenvalue weighted by molar-refractivity contribution is 5.81. The number of nitrogens with one attached hydrogen (secondary N) is 1. The Labute approximate surface area is 116 Å². The Morgan fingerprint density at radius 3 is 2.53 bits per heavy atom. The molecule has 1 aromatic heterocycles. The number of aromatic nitrogens is 1. The van der Waals surface area contributed by atoms with Gasteiger partial charge in [0.25, 0.3) is 0 Å². The van der Waals surface area contributed by atoms with Crippen LogP contribution in [-0.2, 0) is 4.79 Å². The molecule has 19 heavy (non-hydrogen) atoms. The molecular weight excluding hydrogens is 238 g/mol. The Bertz CT molecular complexity index is 390. The quantitative estimate of drug-likeness (QED) is 0.856. The molecule has 2 atom stereocenters. The molecule has 0 saturated carbocycles.